The van der Waals surface area contributed by atoms with E-state index in [4.69, 9.17) is 16.3 Å². The van der Waals surface area contributed by atoms with Gasteiger partial charge in [-0.25, -0.2) is 9.78 Å². The summed E-state index contributed by atoms with van der Waals surface area (Å²) >= 11 is 5.78. The number of ether oxygens (including phenoxy) is 1. The van der Waals surface area contributed by atoms with Crippen LogP contribution in [-0.4, -0.2) is 22.1 Å². The molecule has 0 saturated carbocycles. The number of esters is 1. The number of fused-ring (bicyclic) bond motifs is 1. The Labute approximate surface area is 143 Å². The van der Waals surface area contributed by atoms with Crippen LogP contribution >= 0.6 is 11.6 Å². The minimum atomic E-state index is -0.407. The maximum atomic E-state index is 12.3. The molecule has 0 aliphatic carbocycles. The first-order chi connectivity index (χ1) is 11.6. The zero-order valence-corrected chi connectivity index (χ0v) is 13.6. The summed E-state index contributed by atoms with van der Waals surface area (Å²) in [5.74, 6) is -0.407. The van der Waals surface area contributed by atoms with Gasteiger partial charge in [-0.15, -0.1) is 0 Å². The van der Waals surface area contributed by atoms with E-state index in [1.807, 2.05) is 12.1 Å². The smallest absolute Gasteiger partial charge is 0.338 e. The summed E-state index contributed by atoms with van der Waals surface area (Å²) in [6.07, 6.45) is 2.05. The minimum absolute atomic E-state index is 0.0929. The molecule has 3 aromatic rings. The van der Waals surface area contributed by atoms with E-state index in [0.29, 0.717) is 34.5 Å². The summed E-state index contributed by atoms with van der Waals surface area (Å²) in [6.45, 7) is 0.658. The van der Waals surface area contributed by atoms with E-state index in [9.17, 15) is 9.59 Å². The third-order valence-electron chi connectivity index (χ3n) is 3.59. The fourth-order valence-electron chi connectivity index (χ4n) is 2.33. The van der Waals surface area contributed by atoms with Gasteiger partial charge in [-0.05, 0) is 42.8 Å². The average Bonchev–Trinajstić information content (AvgIpc) is 2.61. The van der Waals surface area contributed by atoms with Gasteiger partial charge in [-0.3, -0.25) is 9.36 Å². The zero-order valence-electron chi connectivity index (χ0n) is 12.8. The Balaban J connectivity index is 1.57. The molecular formula is C18H15ClN2O3. The van der Waals surface area contributed by atoms with Crippen molar-refractivity contribution >= 4 is 28.5 Å². The van der Waals surface area contributed by atoms with Crippen LogP contribution in [0.3, 0.4) is 0 Å². The molecule has 0 fully saturated rings. The van der Waals surface area contributed by atoms with E-state index < -0.39 is 5.97 Å². The van der Waals surface area contributed by atoms with Crippen molar-refractivity contribution < 1.29 is 9.53 Å². The van der Waals surface area contributed by atoms with Crippen molar-refractivity contribution in [2.24, 2.45) is 0 Å². The molecule has 0 radical (unpaired) electrons. The standard InChI is InChI=1S/C18H15ClN2O3/c19-14-8-6-13(7-9-14)18(23)24-11-3-10-21-12-20-16-5-2-1-4-15(16)17(21)22/h1-2,4-9,12H,3,10-11H2. The summed E-state index contributed by atoms with van der Waals surface area (Å²) in [5, 5.41) is 1.15. The number of nitrogens with zero attached hydrogens (tertiary/aromatic N) is 2. The SMILES string of the molecule is O=C(OCCCn1cnc2ccccc2c1=O)c1ccc(Cl)cc1. The van der Waals surface area contributed by atoms with Crippen LogP contribution in [0.15, 0.2) is 59.7 Å². The number of para-hydroxylation sites is 1. The molecule has 2 aromatic carbocycles. The predicted octanol–water partition coefficient (Wildman–Crippen LogP) is 3.30. The molecule has 6 heteroatoms. The van der Waals surface area contributed by atoms with E-state index in [-0.39, 0.29) is 12.2 Å². The normalized spacial score (nSPS) is 10.7. The second-order valence-electron chi connectivity index (χ2n) is 5.26. The van der Waals surface area contributed by atoms with E-state index in [2.05, 4.69) is 4.98 Å². The van der Waals surface area contributed by atoms with Crippen molar-refractivity contribution in [1.29, 1.82) is 0 Å². The highest BCUT2D eigenvalue weighted by atomic mass is 35.5. The van der Waals surface area contributed by atoms with Gasteiger partial charge < -0.3 is 4.74 Å². The lowest BCUT2D eigenvalue weighted by Crippen LogP contribution is -2.21. The molecule has 1 aromatic heterocycles. The summed E-state index contributed by atoms with van der Waals surface area (Å²) in [5.41, 5.74) is 1.03. The molecule has 0 N–H and O–H groups in total. The van der Waals surface area contributed by atoms with Gasteiger partial charge in [0.1, 0.15) is 0 Å². The largest absolute Gasteiger partial charge is 0.462 e. The third-order valence-corrected chi connectivity index (χ3v) is 3.84. The van der Waals surface area contributed by atoms with Crippen LogP contribution in [-0.2, 0) is 11.3 Å². The highest BCUT2D eigenvalue weighted by Gasteiger charge is 2.07. The number of rotatable bonds is 5. The van der Waals surface area contributed by atoms with Gasteiger partial charge in [0, 0.05) is 11.6 Å². The maximum absolute atomic E-state index is 12.3. The molecule has 0 spiro atoms. The number of hydrogen-bond acceptors (Lipinski definition) is 4. The summed E-state index contributed by atoms with van der Waals surface area (Å²) in [6, 6.07) is 13.7. The molecule has 0 aliphatic rings. The van der Waals surface area contributed by atoms with Crippen molar-refractivity contribution in [3.63, 3.8) is 0 Å². The lowest BCUT2D eigenvalue weighted by Gasteiger charge is -2.07. The Morgan fingerprint density at radius 1 is 1.12 bits per heavy atom. The fourth-order valence-corrected chi connectivity index (χ4v) is 2.46. The van der Waals surface area contributed by atoms with Crippen LogP contribution < -0.4 is 5.56 Å². The number of hydrogen-bond donors (Lipinski definition) is 0. The van der Waals surface area contributed by atoms with E-state index >= 15 is 0 Å². The zero-order chi connectivity index (χ0) is 16.9. The monoisotopic (exact) mass is 342 g/mol. The van der Waals surface area contributed by atoms with Gasteiger partial charge in [-0.2, -0.15) is 0 Å². The summed E-state index contributed by atoms with van der Waals surface area (Å²) in [7, 11) is 0. The predicted molar refractivity (Wildman–Crippen MR) is 92.4 cm³/mol. The Hall–Kier alpha value is -2.66. The maximum Gasteiger partial charge on any atom is 0.338 e. The number of benzene rings is 2. The molecular weight excluding hydrogens is 328 g/mol. The van der Waals surface area contributed by atoms with Gasteiger partial charge in [0.05, 0.1) is 29.4 Å². The first kappa shape index (κ1) is 16.2. The number of aryl methyl sites for hydroxylation is 1. The van der Waals surface area contributed by atoms with Crippen LogP contribution in [0.2, 0.25) is 5.02 Å². The molecule has 0 saturated heterocycles. The Bertz CT molecular complexity index is 919. The van der Waals surface area contributed by atoms with Crippen LogP contribution in [0.25, 0.3) is 10.9 Å². The number of halogens is 1. The molecule has 5 nitrogen and oxygen atoms in total. The number of carbonyl (C=O) groups is 1. The van der Waals surface area contributed by atoms with Crippen LogP contribution in [0, 0.1) is 0 Å². The highest BCUT2D eigenvalue weighted by molar-refractivity contribution is 6.30. The molecule has 0 unspecified atom stereocenters. The van der Waals surface area contributed by atoms with Crippen molar-refractivity contribution in [3.8, 4) is 0 Å². The van der Waals surface area contributed by atoms with Crippen molar-refractivity contribution in [2.45, 2.75) is 13.0 Å². The van der Waals surface area contributed by atoms with Gasteiger partial charge in [-0.1, -0.05) is 23.7 Å². The topological polar surface area (TPSA) is 61.2 Å². The van der Waals surface area contributed by atoms with E-state index in [1.165, 1.54) is 10.9 Å². The molecule has 0 amide bonds. The quantitative estimate of drug-likeness (QED) is 0.527. The Kier molecular flexibility index (Phi) is 4.91. The van der Waals surface area contributed by atoms with Crippen molar-refractivity contribution in [3.05, 3.63) is 75.8 Å². The van der Waals surface area contributed by atoms with E-state index in [0.717, 1.165) is 0 Å². The first-order valence-electron chi connectivity index (χ1n) is 7.52. The molecule has 24 heavy (non-hydrogen) atoms. The molecule has 3 rings (SSSR count). The lowest BCUT2D eigenvalue weighted by molar-refractivity contribution is 0.0495. The summed E-state index contributed by atoms with van der Waals surface area (Å²) in [4.78, 5) is 28.4. The number of carbonyl (C=O) groups excluding carboxylic acids is 1. The molecule has 122 valence electrons. The third kappa shape index (κ3) is 3.63. The highest BCUT2D eigenvalue weighted by Crippen LogP contribution is 2.10. The van der Waals surface area contributed by atoms with Gasteiger partial charge in [0.15, 0.2) is 0 Å². The molecule has 0 atom stereocenters. The number of aromatic nitrogens is 2. The first-order valence-corrected chi connectivity index (χ1v) is 7.90. The fraction of sp³-hybridized carbons (Fsp3) is 0.167. The molecule has 1 heterocycles. The summed E-state index contributed by atoms with van der Waals surface area (Å²) < 4.78 is 6.73. The molecule has 0 bridgehead atoms. The minimum Gasteiger partial charge on any atom is -0.462 e. The van der Waals surface area contributed by atoms with Crippen LogP contribution in [0.4, 0.5) is 0 Å². The van der Waals surface area contributed by atoms with Crippen LogP contribution in [0.5, 0.6) is 0 Å². The Morgan fingerprint density at radius 2 is 1.88 bits per heavy atom. The van der Waals surface area contributed by atoms with E-state index in [1.54, 1.807) is 36.4 Å². The second-order valence-corrected chi connectivity index (χ2v) is 5.69. The second kappa shape index (κ2) is 7.27. The van der Waals surface area contributed by atoms with Crippen molar-refractivity contribution in [1.82, 2.24) is 9.55 Å². The average molecular weight is 343 g/mol. The van der Waals surface area contributed by atoms with Crippen molar-refractivity contribution in [2.75, 3.05) is 6.61 Å². The van der Waals surface area contributed by atoms with Gasteiger partial charge in [0.2, 0.25) is 0 Å². The Morgan fingerprint density at radius 3 is 2.67 bits per heavy atom. The van der Waals surface area contributed by atoms with Gasteiger partial charge in [0.25, 0.3) is 5.56 Å². The lowest BCUT2D eigenvalue weighted by atomic mass is 10.2. The van der Waals surface area contributed by atoms with Gasteiger partial charge >= 0.3 is 5.97 Å². The molecule has 0 aliphatic heterocycles. The van der Waals surface area contributed by atoms with Crippen LogP contribution in [0.1, 0.15) is 16.8 Å².